The van der Waals surface area contributed by atoms with Crippen molar-refractivity contribution in [2.45, 2.75) is 39.3 Å². The second-order valence-corrected chi connectivity index (χ2v) is 5.83. The third-order valence-electron chi connectivity index (χ3n) is 3.12. The number of rotatable bonds is 4. The van der Waals surface area contributed by atoms with Gasteiger partial charge in [-0.3, -0.25) is 0 Å². The molecule has 4 heteroatoms. The molecule has 1 saturated heterocycles. The van der Waals surface area contributed by atoms with E-state index in [0.29, 0.717) is 6.04 Å². The highest BCUT2D eigenvalue weighted by atomic mass is 32.1. The summed E-state index contributed by atoms with van der Waals surface area (Å²) in [6, 6.07) is 0.642. The molecule has 0 amide bonds. The summed E-state index contributed by atoms with van der Waals surface area (Å²) in [4.78, 5) is 4.44. The molecule has 90 valence electrons. The van der Waals surface area contributed by atoms with Gasteiger partial charge in [0.15, 0.2) is 0 Å². The van der Waals surface area contributed by atoms with Gasteiger partial charge in [-0.15, -0.1) is 11.3 Å². The van der Waals surface area contributed by atoms with Gasteiger partial charge in [0.1, 0.15) is 0 Å². The number of nitrogens with one attached hydrogen (secondary N) is 2. The van der Waals surface area contributed by atoms with Gasteiger partial charge in [-0.05, 0) is 32.2 Å². The van der Waals surface area contributed by atoms with Crippen LogP contribution in [-0.2, 0) is 6.54 Å². The summed E-state index contributed by atoms with van der Waals surface area (Å²) in [5, 5.41) is 10.3. The average Bonchev–Trinajstić information content (AvgIpc) is 2.64. The Hall–Kier alpha value is -0.450. The molecule has 0 aliphatic carbocycles. The molecule has 1 aromatic rings. The molecule has 1 aliphatic rings. The molecule has 0 radical (unpaired) electrons. The van der Waals surface area contributed by atoms with E-state index in [1.165, 1.54) is 25.1 Å². The number of hydrogen-bond donors (Lipinski definition) is 2. The summed E-state index contributed by atoms with van der Waals surface area (Å²) in [7, 11) is 0. The summed E-state index contributed by atoms with van der Waals surface area (Å²) in [6.45, 7) is 7.53. The molecule has 0 bridgehead atoms. The Balaban J connectivity index is 1.67. The van der Waals surface area contributed by atoms with Gasteiger partial charge in [0.2, 0.25) is 0 Å². The van der Waals surface area contributed by atoms with E-state index in [0.717, 1.165) is 24.0 Å². The third-order valence-corrected chi connectivity index (χ3v) is 3.94. The molecule has 3 nitrogen and oxygen atoms in total. The zero-order valence-electron chi connectivity index (χ0n) is 10.1. The van der Waals surface area contributed by atoms with Crippen LogP contribution in [-0.4, -0.2) is 24.1 Å². The summed E-state index contributed by atoms with van der Waals surface area (Å²) in [5.41, 5.74) is 1.17. The van der Waals surface area contributed by atoms with Crippen LogP contribution in [0, 0.1) is 12.8 Å². The first kappa shape index (κ1) is 12.0. The molecule has 1 aromatic heterocycles. The van der Waals surface area contributed by atoms with Crippen molar-refractivity contribution in [3.8, 4) is 0 Å². The number of aryl methyl sites for hydroxylation is 1. The van der Waals surface area contributed by atoms with Crippen molar-refractivity contribution < 1.29 is 0 Å². The average molecular weight is 239 g/mol. The second-order valence-electron chi connectivity index (χ2n) is 4.77. The van der Waals surface area contributed by atoms with E-state index in [4.69, 9.17) is 0 Å². The maximum absolute atomic E-state index is 4.44. The van der Waals surface area contributed by atoms with Gasteiger partial charge in [0.05, 0.1) is 10.7 Å². The van der Waals surface area contributed by atoms with Crippen molar-refractivity contribution in [3.05, 3.63) is 16.1 Å². The van der Waals surface area contributed by atoms with Crippen molar-refractivity contribution in [1.29, 1.82) is 0 Å². The summed E-state index contributed by atoms with van der Waals surface area (Å²) < 4.78 is 0. The van der Waals surface area contributed by atoms with E-state index in [1.54, 1.807) is 11.3 Å². The molecule has 0 aromatic carbocycles. The van der Waals surface area contributed by atoms with Crippen molar-refractivity contribution in [3.63, 3.8) is 0 Å². The Morgan fingerprint density at radius 3 is 3.19 bits per heavy atom. The smallest absolute Gasteiger partial charge is 0.0897 e. The number of thiazole rings is 1. The topological polar surface area (TPSA) is 37.0 Å². The zero-order valence-corrected chi connectivity index (χ0v) is 10.9. The summed E-state index contributed by atoms with van der Waals surface area (Å²) in [5.74, 6) is 0.870. The normalized spacial score (nSPS) is 25.9. The fraction of sp³-hybridized carbons (Fsp3) is 0.750. The molecular formula is C12H21N3S. The van der Waals surface area contributed by atoms with Gasteiger partial charge in [-0.2, -0.15) is 0 Å². The summed E-state index contributed by atoms with van der Waals surface area (Å²) >= 11 is 1.72. The fourth-order valence-corrected chi connectivity index (χ4v) is 2.85. The zero-order chi connectivity index (χ0) is 11.4. The fourth-order valence-electron chi connectivity index (χ4n) is 2.24. The van der Waals surface area contributed by atoms with Crippen molar-refractivity contribution in [2.75, 3.05) is 13.1 Å². The SMILES string of the molecule is Cc1nc(CNCC2CC(C)CCN2)cs1. The Bertz CT molecular complexity index is 324. The van der Waals surface area contributed by atoms with E-state index in [1.807, 2.05) is 0 Å². The number of hydrogen-bond acceptors (Lipinski definition) is 4. The predicted octanol–water partition coefficient (Wildman–Crippen LogP) is 1.93. The molecule has 2 unspecified atom stereocenters. The molecule has 0 spiro atoms. The van der Waals surface area contributed by atoms with Gasteiger partial charge in [0.25, 0.3) is 0 Å². The molecule has 1 fully saturated rings. The lowest BCUT2D eigenvalue weighted by Gasteiger charge is -2.28. The van der Waals surface area contributed by atoms with Crippen LogP contribution in [0.4, 0.5) is 0 Å². The van der Waals surface area contributed by atoms with Crippen LogP contribution in [0.2, 0.25) is 0 Å². The van der Waals surface area contributed by atoms with Gasteiger partial charge in [-0.25, -0.2) is 4.98 Å². The third kappa shape index (κ3) is 3.54. The second kappa shape index (κ2) is 5.75. The van der Waals surface area contributed by atoms with Gasteiger partial charge in [-0.1, -0.05) is 6.92 Å². The maximum Gasteiger partial charge on any atom is 0.0897 e. The minimum atomic E-state index is 0.642. The van der Waals surface area contributed by atoms with E-state index >= 15 is 0 Å². The minimum absolute atomic E-state index is 0.642. The van der Waals surface area contributed by atoms with Crippen LogP contribution in [0.5, 0.6) is 0 Å². The minimum Gasteiger partial charge on any atom is -0.313 e. The van der Waals surface area contributed by atoms with Crippen LogP contribution < -0.4 is 10.6 Å². The monoisotopic (exact) mass is 239 g/mol. The number of nitrogens with zero attached hydrogens (tertiary/aromatic N) is 1. The Labute approximate surface area is 102 Å². The van der Waals surface area contributed by atoms with Crippen LogP contribution >= 0.6 is 11.3 Å². The Kier molecular flexibility index (Phi) is 4.32. The molecule has 2 heterocycles. The van der Waals surface area contributed by atoms with Gasteiger partial charge < -0.3 is 10.6 Å². The van der Waals surface area contributed by atoms with Crippen molar-refractivity contribution in [2.24, 2.45) is 5.92 Å². The molecule has 2 atom stereocenters. The lowest BCUT2D eigenvalue weighted by atomic mass is 9.94. The Morgan fingerprint density at radius 1 is 1.62 bits per heavy atom. The standard InChI is InChI=1S/C12H21N3S/c1-9-3-4-14-11(5-9)6-13-7-12-8-16-10(2)15-12/h8-9,11,13-14H,3-7H2,1-2H3. The first-order chi connectivity index (χ1) is 7.74. The molecule has 0 saturated carbocycles. The highest BCUT2D eigenvalue weighted by Gasteiger charge is 2.17. The molecule has 2 N–H and O–H groups in total. The predicted molar refractivity (Wildman–Crippen MR) is 68.7 cm³/mol. The maximum atomic E-state index is 4.44. The largest absolute Gasteiger partial charge is 0.313 e. The van der Waals surface area contributed by atoms with E-state index in [9.17, 15) is 0 Å². The van der Waals surface area contributed by atoms with Crippen LogP contribution in [0.1, 0.15) is 30.5 Å². The molecule has 16 heavy (non-hydrogen) atoms. The van der Waals surface area contributed by atoms with Crippen LogP contribution in [0.3, 0.4) is 0 Å². The lowest BCUT2D eigenvalue weighted by molar-refractivity contribution is 0.310. The van der Waals surface area contributed by atoms with Gasteiger partial charge in [0, 0.05) is 24.5 Å². The van der Waals surface area contributed by atoms with Crippen LogP contribution in [0.15, 0.2) is 5.38 Å². The lowest BCUT2D eigenvalue weighted by Crippen LogP contribution is -2.43. The summed E-state index contributed by atoms with van der Waals surface area (Å²) in [6.07, 6.45) is 2.62. The first-order valence-electron chi connectivity index (χ1n) is 6.09. The molecule has 2 rings (SSSR count). The van der Waals surface area contributed by atoms with Crippen molar-refractivity contribution >= 4 is 11.3 Å². The first-order valence-corrected chi connectivity index (χ1v) is 6.97. The Morgan fingerprint density at radius 2 is 2.50 bits per heavy atom. The number of aromatic nitrogens is 1. The molecular weight excluding hydrogens is 218 g/mol. The van der Waals surface area contributed by atoms with Crippen LogP contribution in [0.25, 0.3) is 0 Å². The van der Waals surface area contributed by atoms with Gasteiger partial charge >= 0.3 is 0 Å². The van der Waals surface area contributed by atoms with E-state index in [2.05, 4.69) is 34.8 Å². The van der Waals surface area contributed by atoms with E-state index in [-0.39, 0.29) is 0 Å². The van der Waals surface area contributed by atoms with E-state index < -0.39 is 0 Å². The quantitative estimate of drug-likeness (QED) is 0.843. The highest BCUT2D eigenvalue weighted by Crippen LogP contribution is 2.14. The highest BCUT2D eigenvalue weighted by molar-refractivity contribution is 7.09. The molecule has 1 aliphatic heterocycles. The number of piperidine rings is 1. The van der Waals surface area contributed by atoms with Crippen molar-refractivity contribution in [1.82, 2.24) is 15.6 Å².